The molecule has 0 saturated carbocycles. The molecule has 0 aliphatic rings. The number of carbonyl (C=O) groups is 1. The smallest absolute Gasteiger partial charge is 0.250 e. The van der Waals surface area contributed by atoms with Gasteiger partial charge < -0.3 is 0 Å². The summed E-state index contributed by atoms with van der Waals surface area (Å²) in [7, 11) is -2.25. The van der Waals surface area contributed by atoms with Gasteiger partial charge in [0.1, 0.15) is 5.75 Å². The SMILES string of the molecule is CNS(=O)(=O)CC(=O)NN.Cl. The van der Waals surface area contributed by atoms with Crippen molar-refractivity contribution in [3.05, 3.63) is 0 Å². The zero-order chi connectivity index (χ0) is 8.20. The average molecular weight is 204 g/mol. The molecule has 4 N–H and O–H groups in total. The monoisotopic (exact) mass is 203 g/mol. The van der Waals surface area contributed by atoms with Crippen LogP contribution in [0.5, 0.6) is 0 Å². The van der Waals surface area contributed by atoms with Gasteiger partial charge in [-0.05, 0) is 7.05 Å². The van der Waals surface area contributed by atoms with Crippen molar-refractivity contribution in [2.75, 3.05) is 12.8 Å². The molecule has 0 aromatic carbocycles. The van der Waals surface area contributed by atoms with Crippen LogP contribution in [0.3, 0.4) is 0 Å². The number of sulfonamides is 1. The first kappa shape index (κ1) is 13.2. The Morgan fingerprint density at radius 1 is 1.55 bits per heavy atom. The molecule has 0 bridgehead atoms. The van der Waals surface area contributed by atoms with E-state index < -0.39 is 21.7 Å². The summed E-state index contributed by atoms with van der Waals surface area (Å²) in [6, 6.07) is 0. The van der Waals surface area contributed by atoms with Crippen LogP contribution in [0, 0.1) is 0 Å². The van der Waals surface area contributed by atoms with Gasteiger partial charge in [-0.25, -0.2) is 19.0 Å². The van der Waals surface area contributed by atoms with Gasteiger partial charge >= 0.3 is 0 Å². The minimum absolute atomic E-state index is 0. The zero-order valence-corrected chi connectivity index (χ0v) is 7.46. The molecule has 0 atom stereocenters. The van der Waals surface area contributed by atoms with E-state index in [1.54, 1.807) is 5.43 Å². The Balaban J connectivity index is 0. The molecule has 0 heterocycles. The van der Waals surface area contributed by atoms with Crippen LogP contribution in [0.15, 0.2) is 0 Å². The standard InChI is InChI=1S/C3H9N3O3S.ClH/c1-5-10(8,9)2-3(7)6-4;/h5H,2,4H2,1H3,(H,6,7);1H. The predicted molar refractivity (Wildman–Crippen MR) is 42.4 cm³/mol. The van der Waals surface area contributed by atoms with E-state index in [1.165, 1.54) is 7.05 Å². The normalized spacial score (nSPS) is 10.0. The van der Waals surface area contributed by atoms with E-state index in [4.69, 9.17) is 0 Å². The van der Waals surface area contributed by atoms with E-state index in [2.05, 4.69) is 5.84 Å². The molecule has 6 nitrogen and oxygen atoms in total. The van der Waals surface area contributed by atoms with Crippen molar-refractivity contribution < 1.29 is 13.2 Å². The Bertz CT molecular complexity index is 214. The molecule has 0 aromatic heterocycles. The molecule has 0 aliphatic carbocycles. The maximum absolute atomic E-state index is 10.5. The van der Waals surface area contributed by atoms with Gasteiger partial charge in [-0.15, -0.1) is 12.4 Å². The maximum atomic E-state index is 10.5. The Morgan fingerprint density at radius 3 is 2.27 bits per heavy atom. The van der Waals surface area contributed by atoms with Crippen molar-refractivity contribution in [2.24, 2.45) is 5.84 Å². The van der Waals surface area contributed by atoms with Crippen molar-refractivity contribution >= 4 is 28.3 Å². The van der Waals surface area contributed by atoms with E-state index in [-0.39, 0.29) is 12.4 Å². The van der Waals surface area contributed by atoms with E-state index in [0.29, 0.717) is 0 Å². The van der Waals surface area contributed by atoms with E-state index in [1.807, 2.05) is 4.72 Å². The van der Waals surface area contributed by atoms with E-state index >= 15 is 0 Å². The molecule has 0 radical (unpaired) electrons. The van der Waals surface area contributed by atoms with Crippen LogP contribution in [0.1, 0.15) is 0 Å². The van der Waals surface area contributed by atoms with Gasteiger partial charge in [-0.1, -0.05) is 0 Å². The number of amides is 1. The molecule has 0 aromatic rings. The van der Waals surface area contributed by atoms with Crippen LogP contribution >= 0.6 is 12.4 Å². The van der Waals surface area contributed by atoms with Gasteiger partial charge in [-0.3, -0.25) is 10.2 Å². The highest BCUT2D eigenvalue weighted by atomic mass is 35.5. The molecule has 68 valence electrons. The molecule has 0 spiro atoms. The van der Waals surface area contributed by atoms with Gasteiger partial charge in [0.05, 0.1) is 0 Å². The van der Waals surface area contributed by atoms with Crippen LogP contribution < -0.4 is 16.0 Å². The molecular weight excluding hydrogens is 194 g/mol. The van der Waals surface area contributed by atoms with E-state index in [0.717, 1.165) is 0 Å². The summed E-state index contributed by atoms with van der Waals surface area (Å²) in [6.07, 6.45) is 0. The highest BCUT2D eigenvalue weighted by Crippen LogP contribution is 1.79. The second-order valence-electron chi connectivity index (χ2n) is 1.53. The molecule has 0 unspecified atom stereocenters. The number of hydrogen-bond donors (Lipinski definition) is 3. The quantitative estimate of drug-likeness (QED) is 0.279. The number of nitrogens with two attached hydrogens (primary N) is 1. The van der Waals surface area contributed by atoms with Crippen LogP contribution in [0.25, 0.3) is 0 Å². The zero-order valence-electron chi connectivity index (χ0n) is 5.83. The number of carbonyl (C=O) groups excluding carboxylic acids is 1. The summed E-state index contributed by atoms with van der Waals surface area (Å²) in [5.74, 6) is 3.26. The summed E-state index contributed by atoms with van der Waals surface area (Å²) in [5.41, 5.74) is 1.70. The Morgan fingerprint density at radius 2 is 2.00 bits per heavy atom. The first-order chi connectivity index (χ1) is 4.52. The molecule has 1 amide bonds. The van der Waals surface area contributed by atoms with Gasteiger partial charge in [0.25, 0.3) is 0 Å². The molecular formula is C3H10ClN3O3S. The van der Waals surface area contributed by atoms with Crippen LogP contribution in [0.4, 0.5) is 0 Å². The van der Waals surface area contributed by atoms with Crippen LogP contribution in [-0.4, -0.2) is 27.1 Å². The first-order valence-corrected chi connectivity index (χ1v) is 4.07. The minimum atomic E-state index is -3.47. The summed E-state index contributed by atoms with van der Waals surface area (Å²) < 4.78 is 23.0. The van der Waals surface area contributed by atoms with Crippen molar-refractivity contribution in [3.63, 3.8) is 0 Å². The number of hydrogen-bond acceptors (Lipinski definition) is 4. The first-order valence-electron chi connectivity index (χ1n) is 2.42. The summed E-state index contributed by atoms with van der Waals surface area (Å²) in [4.78, 5) is 10.3. The fourth-order valence-corrected chi connectivity index (χ4v) is 0.859. The molecule has 0 rings (SSSR count). The Kier molecular flexibility index (Phi) is 6.38. The third-order valence-electron chi connectivity index (χ3n) is 0.793. The van der Waals surface area contributed by atoms with Crippen molar-refractivity contribution in [1.29, 1.82) is 0 Å². The van der Waals surface area contributed by atoms with E-state index in [9.17, 15) is 13.2 Å². The third kappa shape index (κ3) is 6.05. The minimum Gasteiger partial charge on any atom is -0.293 e. The molecule has 8 heteroatoms. The third-order valence-corrected chi connectivity index (χ3v) is 2.06. The molecule has 0 saturated heterocycles. The fourth-order valence-electron chi connectivity index (χ4n) is 0.286. The Hall–Kier alpha value is -0.370. The lowest BCUT2D eigenvalue weighted by Gasteiger charge is -1.98. The van der Waals surface area contributed by atoms with Gasteiger partial charge in [0, 0.05) is 0 Å². The number of halogens is 1. The van der Waals surface area contributed by atoms with Crippen molar-refractivity contribution in [3.8, 4) is 0 Å². The number of rotatable bonds is 3. The van der Waals surface area contributed by atoms with Crippen molar-refractivity contribution in [1.82, 2.24) is 10.1 Å². The summed E-state index contributed by atoms with van der Waals surface area (Å²) >= 11 is 0. The predicted octanol–water partition coefficient (Wildman–Crippen LogP) is -2.05. The second-order valence-corrected chi connectivity index (χ2v) is 3.46. The van der Waals surface area contributed by atoms with Crippen LogP contribution in [0.2, 0.25) is 0 Å². The van der Waals surface area contributed by atoms with Gasteiger partial charge in [0.2, 0.25) is 15.9 Å². The average Bonchev–Trinajstić information content (AvgIpc) is 1.87. The number of hydrazine groups is 1. The Labute approximate surface area is 71.0 Å². The van der Waals surface area contributed by atoms with Crippen LogP contribution in [-0.2, 0) is 14.8 Å². The second kappa shape index (κ2) is 5.30. The molecule has 11 heavy (non-hydrogen) atoms. The highest BCUT2D eigenvalue weighted by molar-refractivity contribution is 7.90. The molecule has 0 aliphatic heterocycles. The number of nitrogens with one attached hydrogen (secondary N) is 2. The topological polar surface area (TPSA) is 101 Å². The summed E-state index contributed by atoms with van der Waals surface area (Å²) in [5, 5.41) is 0. The molecule has 0 fully saturated rings. The summed E-state index contributed by atoms with van der Waals surface area (Å²) in [6.45, 7) is 0. The lowest BCUT2D eigenvalue weighted by molar-refractivity contribution is -0.118. The highest BCUT2D eigenvalue weighted by Gasteiger charge is 2.11. The van der Waals surface area contributed by atoms with Gasteiger partial charge in [-0.2, -0.15) is 0 Å². The lowest BCUT2D eigenvalue weighted by Crippen LogP contribution is -2.38. The fraction of sp³-hybridized carbons (Fsp3) is 0.667. The maximum Gasteiger partial charge on any atom is 0.250 e. The van der Waals surface area contributed by atoms with Crippen molar-refractivity contribution in [2.45, 2.75) is 0 Å². The lowest BCUT2D eigenvalue weighted by atomic mass is 10.8. The van der Waals surface area contributed by atoms with Gasteiger partial charge in [0.15, 0.2) is 0 Å². The largest absolute Gasteiger partial charge is 0.293 e.